The van der Waals surface area contributed by atoms with Crippen LogP contribution in [0.3, 0.4) is 0 Å². The third kappa shape index (κ3) is 3.56. The molecule has 0 spiro atoms. The van der Waals surface area contributed by atoms with Gasteiger partial charge >= 0.3 is 0 Å². The van der Waals surface area contributed by atoms with Crippen LogP contribution in [-0.4, -0.2) is 34.0 Å². The second kappa shape index (κ2) is 5.90. The standard InChI is InChI=1S/C13H21N3O3S/c1-9-6-7-10(8-11(9)20(18,19)15-5)16-12(17)13(2,3)14-4/h6-8,14-15H,1-5H3,(H,16,17). The second-order valence-electron chi connectivity index (χ2n) is 5.02. The molecule has 20 heavy (non-hydrogen) atoms. The van der Waals surface area contributed by atoms with Crippen molar-refractivity contribution >= 4 is 21.6 Å². The molecule has 0 atom stereocenters. The maximum Gasteiger partial charge on any atom is 0.244 e. The number of likely N-dealkylation sites (N-methyl/N-ethyl adjacent to an activating group) is 1. The first-order valence-corrected chi connectivity index (χ1v) is 7.67. The van der Waals surface area contributed by atoms with Crippen molar-refractivity contribution in [1.82, 2.24) is 10.0 Å². The Morgan fingerprint density at radius 2 is 1.80 bits per heavy atom. The van der Waals surface area contributed by atoms with Gasteiger partial charge in [0.15, 0.2) is 0 Å². The molecule has 7 heteroatoms. The number of aryl methyl sites for hydroxylation is 1. The second-order valence-corrected chi connectivity index (χ2v) is 6.87. The van der Waals surface area contributed by atoms with E-state index in [1.165, 1.54) is 13.1 Å². The van der Waals surface area contributed by atoms with Gasteiger partial charge in [-0.3, -0.25) is 4.79 Å². The van der Waals surface area contributed by atoms with Gasteiger partial charge < -0.3 is 10.6 Å². The van der Waals surface area contributed by atoms with Crippen molar-refractivity contribution in [2.75, 3.05) is 19.4 Å². The fourth-order valence-electron chi connectivity index (χ4n) is 1.48. The smallest absolute Gasteiger partial charge is 0.244 e. The summed E-state index contributed by atoms with van der Waals surface area (Å²) in [5, 5.41) is 5.59. The molecule has 112 valence electrons. The molecule has 0 fully saturated rings. The molecule has 0 saturated heterocycles. The Labute approximate surface area is 120 Å². The highest BCUT2D eigenvalue weighted by molar-refractivity contribution is 7.89. The van der Waals surface area contributed by atoms with E-state index < -0.39 is 15.6 Å². The van der Waals surface area contributed by atoms with E-state index in [1.54, 1.807) is 40.0 Å². The molecule has 0 aliphatic heterocycles. The summed E-state index contributed by atoms with van der Waals surface area (Å²) in [4.78, 5) is 12.2. The lowest BCUT2D eigenvalue weighted by Crippen LogP contribution is -2.47. The number of benzene rings is 1. The summed E-state index contributed by atoms with van der Waals surface area (Å²) in [7, 11) is -0.508. The highest BCUT2D eigenvalue weighted by atomic mass is 32.2. The van der Waals surface area contributed by atoms with Crippen LogP contribution in [0, 0.1) is 6.92 Å². The number of carbonyl (C=O) groups is 1. The van der Waals surface area contributed by atoms with Crippen molar-refractivity contribution in [3.63, 3.8) is 0 Å². The average molecular weight is 299 g/mol. The van der Waals surface area contributed by atoms with Gasteiger partial charge in [-0.15, -0.1) is 0 Å². The van der Waals surface area contributed by atoms with Crippen LogP contribution >= 0.6 is 0 Å². The molecular weight excluding hydrogens is 278 g/mol. The molecule has 1 aromatic carbocycles. The van der Waals surface area contributed by atoms with Gasteiger partial charge in [0.1, 0.15) is 0 Å². The van der Waals surface area contributed by atoms with Gasteiger partial charge in [-0.05, 0) is 52.6 Å². The lowest BCUT2D eigenvalue weighted by Gasteiger charge is -2.23. The van der Waals surface area contributed by atoms with E-state index in [9.17, 15) is 13.2 Å². The van der Waals surface area contributed by atoms with E-state index in [-0.39, 0.29) is 10.8 Å². The first-order chi connectivity index (χ1) is 9.14. The third-order valence-corrected chi connectivity index (χ3v) is 4.75. The SMILES string of the molecule is CNC(C)(C)C(=O)Nc1ccc(C)c(S(=O)(=O)NC)c1. The molecule has 0 unspecified atom stereocenters. The maximum absolute atomic E-state index is 12.0. The molecule has 1 amide bonds. The Balaban J connectivity index is 3.12. The molecule has 0 bridgehead atoms. The van der Waals surface area contributed by atoms with Crippen LogP contribution in [0.1, 0.15) is 19.4 Å². The van der Waals surface area contributed by atoms with Crippen LogP contribution < -0.4 is 15.4 Å². The first kappa shape index (κ1) is 16.6. The van der Waals surface area contributed by atoms with Gasteiger partial charge in [0.05, 0.1) is 10.4 Å². The van der Waals surface area contributed by atoms with Crippen LogP contribution in [0.2, 0.25) is 0 Å². The Bertz CT molecular complexity index is 609. The molecule has 3 N–H and O–H groups in total. The van der Waals surface area contributed by atoms with Gasteiger partial charge in [-0.1, -0.05) is 6.07 Å². The molecule has 0 aliphatic carbocycles. The molecule has 6 nitrogen and oxygen atoms in total. The summed E-state index contributed by atoms with van der Waals surface area (Å²) < 4.78 is 26.0. The lowest BCUT2D eigenvalue weighted by molar-refractivity contribution is -0.121. The van der Waals surface area contributed by atoms with E-state index in [2.05, 4.69) is 15.4 Å². The number of hydrogen-bond acceptors (Lipinski definition) is 4. The Hall–Kier alpha value is -1.44. The Morgan fingerprint density at radius 3 is 2.30 bits per heavy atom. The average Bonchev–Trinajstić information content (AvgIpc) is 2.40. The zero-order valence-electron chi connectivity index (χ0n) is 12.4. The molecule has 0 saturated carbocycles. The molecule has 0 radical (unpaired) electrons. The summed E-state index contributed by atoms with van der Waals surface area (Å²) in [5.41, 5.74) is 0.315. The number of hydrogen-bond donors (Lipinski definition) is 3. The van der Waals surface area contributed by atoms with E-state index in [1.807, 2.05) is 0 Å². The predicted octanol–water partition coefficient (Wildman–Crippen LogP) is 0.840. The van der Waals surface area contributed by atoms with Gasteiger partial charge in [-0.2, -0.15) is 0 Å². The van der Waals surface area contributed by atoms with Crippen molar-refractivity contribution in [1.29, 1.82) is 0 Å². The van der Waals surface area contributed by atoms with Crippen LogP contribution in [0.4, 0.5) is 5.69 Å². The van der Waals surface area contributed by atoms with Gasteiger partial charge in [0, 0.05) is 5.69 Å². The number of amides is 1. The quantitative estimate of drug-likeness (QED) is 0.752. The summed E-state index contributed by atoms with van der Waals surface area (Å²) in [6.45, 7) is 5.18. The van der Waals surface area contributed by atoms with Gasteiger partial charge in [-0.25, -0.2) is 13.1 Å². The van der Waals surface area contributed by atoms with E-state index in [0.717, 1.165) is 0 Å². The molecule has 0 heterocycles. The van der Waals surface area contributed by atoms with Gasteiger partial charge in [0.2, 0.25) is 15.9 Å². The number of carbonyl (C=O) groups excluding carboxylic acids is 1. The van der Waals surface area contributed by atoms with E-state index in [0.29, 0.717) is 11.3 Å². The minimum atomic E-state index is -3.55. The summed E-state index contributed by atoms with van der Waals surface area (Å²) in [5.74, 6) is -0.239. The lowest BCUT2D eigenvalue weighted by atomic mass is 10.1. The summed E-state index contributed by atoms with van der Waals surface area (Å²) in [6.07, 6.45) is 0. The van der Waals surface area contributed by atoms with Crippen molar-refractivity contribution in [2.24, 2.45) is 0 Å². The predicted molar refractivity (Wildman–Crippen MR) is 79.2 cm³/mol. The van der Waals surface area contributed by atoms with Gasteiger partial charge in [0.25, 0.3) is 0 Å². The van der Waals surface area contributed by atoms with Crippen molar-refractivity contribution < 1.29 is 13.2 Å². The van der Waals surface area contributed by atoms with Crippen molar-refractivity contribution in [3.05, 3.63) is 23.8 Å². The van der Waals surface area contributed by atoms with Crippen LogP contribution in [0.15, 0.2) is 23.1 Å². The summed E-state index contributed by atoms with van der Waals surface area (Å²) in [6, 6.07) is 4.78. The molecular formula is C13H21N3O3S. The molecule has 1 aromatic rings. The number of nitrogens with one attached hydrogen (secondary N) is 3. The van der Waals surface area contributed by atoms with Crippen LogP contribution in [-0.2, 0) is 14.8 Å². The first-order valence-electron chi connectivity index (χ1n) is 6.18. The Morgan fingerprint density at radius 1 is 1.20 bits per heavy atom. The monoisotopic (exact) mass is 299 g/mol. The normalized spacial score (nSPS) is 12.2. The fraction of sp³-hybridized carbons (Fsp3) is 0.462. The number of anilines is 1. The topological polar surface area (TPSA) is 87.3 Å². The van der Waals surface area contributed by atoms with E-state index in [4.69, 9.17) is 0 Å². The molecule has 0 aliphatic rings. The van der Waals surface area contributed by atoms with Crippen LogP contribution in [0.5, 0.6) is 0 Å². The Kier molecular flexibility index (Phi) is 4.90. The largest absolute Gasteiger partial charge is 0.324 e. The molecule has 1 rings (SSSR count). The van der Waals surface area contributed by atoms with Crippen LogP contribution in [0.25, 0.3) is 0 Å². The highest BCUT2D eigenvalue weighted by Crippen LogP contribution is 2.20. The minimum Gasteiger partial charge on any atom is -0.324 e. The zero-order valence-corrected chi connectivity index (χ0v) is 13.2. The number of rotatable bonds is 5. The number of sulfonamides is 1. The maximum atomic E-state index is 12.0. The molecule has 0 aromatic heterocycles. The summed E-state index contributed by atoms with van der Waals surface area (Å²) >= 11 is 0. The van der Waals surface area contributed by atoms with E-state index >= 15 is 0 Å². The highest BCUT2D eigenvalue weighted by Gasteiger charge is 2.25. The van der Waals surface area contributed by atoms with Crippen molar-refractivity contribution in [2.45, 2.75) is 31.2 Å². The zero-order chi connectivity index (χ0) is 15.6. The van der Waals surface area contributed by atoms with Crippen molar-refractivity contribution in [3.8, 4) is 0 Å². The minimum absolute atomic E-state index is 0.153. The third-order valence-electron chi connectivity index (χ3n) is 3.20. The fourth-order valence-corrected chi connectivity index (χ4v) is 2.47.